The van der Waals surface area contributed by atoms with Crippen LogP contribution < -0.4 is 20.3 Å². The third kappa shape index (κ3) is 7.04. The van der Waals surface area contributed by atoms with E-state index in [0.717, 1.165) is 6.26 Å². The van der Waals surface area contributed by atoms with Gasteiger partial charge in [-0.1, -0.05) is 0 Å². The highest BCUT2D eigenvalue weighted by atomic mass is 32.2. The molecule has 0 fully saturated rings. The van der Waals surface area contributed by atoms with Crippen LogP contribution in [0, 0.1) is 0 Å². The van der Waals surface area contributed by atoms with Crippen LogP contribution in [0.2, 0.25) is 0 Å². The minimum atomic E-state index is -3.14. The van der Waals surface area contributed by atoms with E-state index in [2.05, 4.69) is 30.3 Å². The highest BCUT2D eigenvalue weighted by Crippen LogP contribution is 2.11. The largest absolute Gasteiger partial charge is 0.354 e. The van der Waals surface area contributed by atoms with Crippen molar-refractivity contribution in [3.63, 3.8) is 0 Å². The molecule has 0 aliphatic heterocycles. The molecule has 0 amide bonds. The van der Waals surface area contributed by atoms with Gasteiger partial charge in [-0.25, -0.2) is 13.1 Å². The number of hydrogen-bond donors (Lipinski definition) is 3. The molecule has 120 valence electrons. The third-order valence-electron chi connectivity index (χ3n) is 2.36. The van der Waals surface area contributed by atoms with Gasteiger partial charge in [0.25, 0.3) is 0 Å². The molecular weight excluding hydrogens is 294 g/mol. The predicted octanol–water partition coefficient (Wildman–Crippen LogP) is -0.279. The zero-order valence-corrected chi connectivity index (χ0v) is 13.7. The zero-order chi connectivity index (χ0) is 15.9. The maximum atomic E-state index is 10.9. The third-order valence-corrected chi connectivity index (χ3v) is 3.09. The first kappa shape index (κ1) is 17.4. The van der Waals surface area contributed by atoms with E-state index in [1.165, 1.54) is 0 Å². The fourth-order valence-corrected chi connectivity index (χ4v) is 1.94. The number of nitrogens with one attached hydrogen (secondary N) is 3. The Morgan fingerprint density at radius 3 is 2.19 bits per heavy atom. The summed E-state index contributed by atoms with van der Waals surface area (Å²) in [6.07, 6.45) is 1.77. The Bertz CT molecular complexity index is 548. The molecule has 0 unspecified atom stereocenters. The molecule has 1 rings (SSSR count). The molecule has 1 heterocycles. The lowest BCUT2D eigenvalue weighted by molar-refractivity contribution is 0.586. The van der Waals surface area contributed by atoms with Crippen molar-refractivity contribution in [1.82, 2.24) is 19.7 Å². The quantitative estimate of drug-likeness (QED) is 0.533. The van der Waals surface area contributed by atoms with Gasteiger partial charge in [0.15, 0.2) is 0 Å². The Kier molecular flexibility index (Phi) is 6.56. The van der Waals surface area contributed by atoms with Crippen molar-refractivity contribution in [3.05, 3.63) is 0 Å². The minimum Gasteiger partial charge on any atom is -0.354 e. The van der Waals surface area contributed by atoms with Crippen LogP contribution >= 0.6 is 0 Å². The summed E-state index contributed by atoms with van der Waals surface area (Å²) in [6.45, 7) is 3.61. The predicted molar refractivity (Wildman–Crippen MR) is 84.3 cm³/mol. The van der Waals surface area contributed by atoms with E-state index in [0.29, 0.717) is 43.9 Å². The topological polar surface area (TPSA) is 112 Å². The van der Waals surface area contributed by atoms with Crippen LogP contribution in [-0.2, 0) is 10.0 Å². The van der Waals surface area contributed by atoms with Gasteiger partial charge in [-0.05, 0) is 13.3 Å². The summed E-state index contributed by atoms with van der Waals surface area (Å²) in [5, 5.41) is 6.11. The van der Waals surface area contributed by atoms with E-state index >= 15 is 0 Å². The molecule has 0 bridgehead atoms. The Morgan fingerprint density at radius 2 is 1.67 bits per heavy atom. The second-order valence-corrected chi connectivity index (χ2v) is 6.49. The number of hydrogen-bond acceptors (Lipinski definition) is 8. The summed E-state index contributed by atoms with van der Waals surface area (Å²) in [4.78, 5) is 14.6. The molecule has 10 heteroatoms. The van der Waals surface area contributed by atoms with Crippen molar-refractivity contribution in [3.8, 4) is 0 Å². The fraction of sp³-hybridized carbons (Fsp3) is 0.727. The minimum absolute atomic E-state index is 0.373. The summed E-state index contributed by atoms with van der Waals surface area (Å²) in [6, 6.07) is 0. The van der Waals surface area contributed by atoms with Gasteiger partial charge in [0.1, 0.15) is 0 Å². The van der Waals surface area contributed by atoms with Crippen LogP contribution in [0.3, 0.4) is 0 Å². The molecule has 9 nitrogen and oxygen atoms in total. The zero-order valence-electron chi connectivity index (χ0n) is 12.8. The van der Waals surface area contributed by atoms with Crippen molar-refractivity contribution in [2.45, 2.75) is 13.3 Å². The van der Waals surface area contributed by atoms with Gasteiger partial charge in [0.05, 0.1) is 6.26 Å². The summed E-state index contributed by atoms with van der Waals surface area (Å²) in [5.74, 6) is 1.52. The SMILES string of the molecule is CCNc1nc(NCCCNS(C)(=O)=O)nc(N(C)C)n1. The van der Waals surface area contributed by atoms with Crippen LogP contribution in [0.4, 0.5) is 17.8 Å². The number of sulfonamides is 1. The van der Waals surface area contributed by atoms with Crippen molar-refractivity contribution in [2.75, 3.05) is 55.5 Å². The standard InChI is InChI=1S/C11H23N7O2S/c1-5-12-9-15-10(17-11(16-9)18(2)3)13-7-6-8-14-21(4,19)20/h14H,5-8H2,1-4H3,(H2,12,13,15,16,17). The molecule has 0 saturated carbocycles. The van der Waals surface area contributed by atoms with Crippen LogP contribution in [0.15, 0.2) is 0 Å². The lowest BCUT2D eigenvalue weighted by Gasteiger charge is -2.13. The average Bonchev–Trinajstić information content (AvgIpc) is 2.37. The normalized spacial score (nSPS) is 11.2. The molecule has 1 aromatic heterocycles. The molecular formula is C11H23N7O2S. The van der Waals surface area contributed by atoms with Gasteiger partial charge >= 0.3 is 0 Å². The van der Waals surface area contributed by atoms with E-state index in [4.69, 9.17) is 0 Å². The molecule has 3 N–H and O–H groups in total. The van der Waals surface area contributed by atoms with Gasteiger partial charge in [-0.3, -0.25) is 0 Å². The second-order valence-electron chi connectivity index (χ2n) is 4.65. The molecule has 1 aromatic rings. The Morgan fingerprint density at radius 1 is 1.05 bits per heavy atom. The van der Waals surface area contributed by atoms with E-state index in [9.17, 15) is 8.42 Å². The average molecular weight is 317 g/mol. The maximum absolute atomic E-state index is 10.9. The van der Waals surface area contributed by atoms with Crippen LogP contribution in [0.1, 0.15) is 13.3 Å². The van der Waals surface area contributed by atoms with Crippen molar-refractivity contribution in [2.24, 2.45) is 0 Å². The van der Waals surface area contributed by atoms with Crippen LogP contribution in [0.5, 0.6) is 0 Å². The van der Waals surface area contributed by atoms with E-state index in [1.54, 1.807) is 4.90 Å². The van der Waals surface area contributed by atoms with Gasteiger partial charge in [0.2, 0.25) is 27.9 Å². The summed E-state index contributed by atoms with van der Waals surface area (Å²) in [5.41, 5.74) is 0. The first-order chi connectivity index (χ1) is 9.81. The van der Waals surface area contributed by atoms with Crippen molar-refractivity contribution < 1.29 is 8.42 Å². The number of nitrogens with zero attached hydrogens (tertiary/aromatic N) is 4. The monoisotopic (exact) mass is 317 g/mol. The van der Waals surface area contributed by atoms with Crippen LogP contribution in [-0.4, -0.2) is 63.4 Å². The van der Waals surface area contributed by atoms with Crippen molar-refractivity contribution >= 4 is 27.9 Å². The van der Waals surface area contributed by atoms with Gasteiger partial charge in [-0.2, -0.15) is 15.0 Å². The van der Waals surface area contributed by atoms with Gasteiger partial charge in [0, 0.05) is 33.7 Å². The molecule has 0 aliphatic carbocycles. The first-order valence-electron chi connectivity index (χ1n) is 6.67. The van der Waals surface area contributed by atoms with Crippen LogP contribution in [0.25, 0.3) is 0 Å². The summed E-state index contributed by atoms with van der Waals surface area (Å²) < 4.78 is 24.3. The molecule has 0 aromatic carbocycles. The summed E-state index contributed by atoms with van der Waals surface area (Å²) in [7, 11) is 0.567. The second kappa shape index (κ2) is 7.93. The number of aromatic nitrogens is 3. The maximum Gasteiger partial charge on any atom is 0.231 e. The lowest BCUT2D eigenvalue weighted by atomic mass is 10.4. The molecule has 21 heavy (non-hydrogen) atoms. The Hall–Kier alpha value is -1.68. The summed E-state index contributed by atoms with van der Waals surface area (Å²) >= 11 is 0. The molecule has 0 spiro atoms. The van der Waals surface area contributed by atoms with E-state index in [1.807, 2.05) is 21.0 Å². The molecule has 0 atom stereocenters. The van der Waals surface area contributed by atoms with Gasteiger partial charge < -0.3 is 15.5 Å². The Balaban J connectivity index is 2.57. The van der Waals surface area contributed by atoms with Crippen molar-refractivity contribution in [1.29, 1.82) is 0 Å². The Labute approximate surface area is 125 Å². The smallest absolute Gasteiger partial charge is 0.231 e. The number of anilines is 3. The van der Waals surface area contributed by atoms with E-state index < -0.39 is 10.0 Å². The highest BCUT2D eigenvalue weighted by molar-refractivity contribution is 7.88. The molecule has 0 radical (unpaired) electrons. The molecule has 0 saturated heterocycles. The van der Waals surface area contributed by atoms with E-state index in [-0.39, 0.29) is 0 Å². The lowest BCUT2D eigenvalue weighted by Crippen LogP contribution is -2.24. The molecule has 0 aliphatic rings. The fourth-order valence-electron chi connectivity index (χ4n) is 1.43. The first-order valence-corrected chi connectivity index (χ1v) is 8.56. The van der Waals surface area contributed by atoms with Gasteiger partial charge in [-0.15, -0.1) is 0 Å². The number of rotatable bonds is 9. The highest BCUT2D eigenvalue weighted by Gasteiger charge is 2.07.